The zero-order valence-corrected chi connectivity index (χ0v) is 6.09. The Morgan fingerprint density at radius 3 is 2.44 bits per heavy atom. The van der Waals surface area contributed by atoms with Crippen LogP contribution in [0.15, 0.2) is 0 Å². The number of rotatable bonds is 5. The minimum absolute atomic E-state index is 0.279. The predicted octanol–water partition coefficient (Wildman–Crippen LogP) is 1.14. The Morgan fingerprint density at radius 2 is 2.00 bits per heavy atom. The molecular formula is C7H14O2. The van der Waals surface area contributed by atoms with Gasteiger partial charge in [0, 0.05) is 0 Å². The molecule has 0 rings (SSSR count). The third kappa shape index (κ3) is 7.92. The second-order valence-corrected chi connectivity index (χ2v) is 1.99. The SMILES string of the molecule is [CH]COCCOC(C)C. The van der Waals surface area contributed by atoms with Gasteiger partial charge in [-0.2, -0.15) is 0 Å². The van der Waals surface area contributed by atoms with Crippen molar-refractivity contribution < 1.29 is 9.47 Å². The number of hydrogen-bond acceptors (Lipinski definition) is 2. The van der Waals surface area contributed by atoms with E-state index in [1.807, 2.05) is 13.8 Å². The fourth-order valence-electron chi connectivity index (χ4n) is 0.426. The van der Waals surface area contributed by atoms with Crippen LogP contribution in [0.5, 0.6) is 0 Å². The molecule has 0 bridgehead atoms. The first kappa shape index (κ1) is 8.92. The largest absolute Gasteiger partial charge is 0.379 e. The standard InChI is InChI=1S/C7H14O2/c1-4-8-5-6-9-7(2)3/h1,7H,4-6H2,2-3H3. The van der Waals surface area contributed by atoms with Gasteiger partial charge in [-0.05, 0) is 20.8 Å². The van der Waals surface area contributed by atoms with Gasteiger partial charge in [0.05, 0.1) is 25.9 Å². The van der Waals surface area contributed by atoms with Gasteiger partial charge in [0.1, 0.15) is 0 Å². The lowest BCUT2D eigenvalue weighted by molar-refractivity contribution is 0.0265. The molecule has 54 valence electrons. The molecule has 0 atom stereocenters. The lowest BCUT2D eigenvalue weighted by atomic mass is 10.5. The highest BCUT2D eigenvalue weighted by Crippen LogP contribution is 1.86. The maximum absolute atomic E-state index is 5.16. The van der Waals surface area contributed by atoms with Gasteiger partial charge in [0.25, 0.3) is 0 Å². The molecule has 9 heavy (non-hydrogen) atoms. The summed E-state index contributed by atoms with van der Waals surface area (Å²) in [4.78, 5) is 0. The van der Waals surface area contributed by atoms with Crippen LogP contribution in [0, 0.1) is 6.92 Å². The van der Waals surface area contributed by atoms with Crippen LogP contribution in [0.25, 0.3) is 0 Å². The highest BCUT2D eigenvalue weighted by atomic mass is 16.5. The molecule has 0 saturated heterocycles. The average Bonchev–Trinajstić information content (AvgIpc) is 1.80. The summed E-state index contributed by atoms with van der Waals surface area (Å²) < 4.78 is 10.0. The van der Waals surface area contributed by atoms with E-state index in [0.29, 0.717) is 13.2 Å². The molecule has 2 radical (unpaired) electrons. The van der Waals surface area contributed by atoms with E-state index in [2.05, 4.69) is 0 Å². The summed E-state index contributed by atoms with van der Waals surface area (Å²) in [6, 6.07) is 0. The van der Waals surface area contributed by atoms with Crippen molar-refractivity contribution in [3.8, 4) is 0 Å². The first-order chi connectivity index (χ1) is 4.27. The summed E-state index contributed by atoms with van der Waals surface area (Å²) in [6.07, 6.45) is 0.284. The van der Waals surface area contributed by atoms with E-state index in [-0.39, 0.29) is 12.7 Å². The van der Waals surface area contributed by atoms with Gasteiger partial charge in [0.15, 0.2) is 0 Å². The second kappa shape index (κ2) is 6.05. The van der Waals surface area contributed by atoms with E-state index in [1.54, 1.807) is 0 Å². The summed E-state index contributed by atoms with van der Waals surface area (Å²) in [5.74, 6) is 0. The molecule has 2 heteroatoms. The highest BCUT2D eigenvalue weighted by Gasteiger charge is 1.90. The molecule has 0 aromatic heterocycles. The lowest BCUT2D eigenvalue weighted by Crippen LogP contribution is -2.09. The van der Waals surface area contributed by atoms with Gasteiger partial charge in [-0.3, -0.25) is 0 Å². The summed E-state index contributed by atoms with van der Waals surface area (Å²) in [6.45, 7) is 10.5. The quantitative estimate of drug-likeness (QED) is 0.519. The third-order valence-corrected chi connectivity index (χ3v) is 0.797. The average molecular weight is 130 g/mol. The van der Waals surface area contributed by atoms with E-state index in [4.69, 9.17) is 16.4 Å². The van der Waals surface area contributed by atoms with E-state index in [0.717, 1.165) is 0 Å². The molecule has 0 spiro atoms. The van der Waals surface area contributed by atoms with Gasteiger partial charge < -0.3 is 9.47 Å². The Morgan fingerprint density at radius 1 is 1.33 bits per heavy atom. The number of ether oxygens (including phenoxy) is 2. The molecule has 0 amide bonds. The summed E-state index contributed by atoms with van der Waals surface area (Å²) in [5, 5.41) is 0. The Balaban J connectivity index is 2.75. The fraction of sp³-hybridized carbons (Fsp3) is 0.857. The molecule has 2 nitrogen and oxygen atoms in total. The minimum Gasteiger partial charge on any atom is -0.379 e. The maximum atomic E-state index is 5.16. The first-order valence-corrected chi connectivity index (χ1v) is 3.16. The Hall–Kier alpha value is -0.0800. The van der Waals surface area contributed by atoms with E-state index < -0.39 is 0 Å². The van der Waals surface area contributed by atoms with Crippen LogP contribution in [0.1, 0.15) is 13.8 Å². The molecule has 0 N–H and O–H groups in total. The first-order valence-electron chi connectivity index (χ1n) is 3.16. The molecule has 0 aromatic rings. The van der Waals surface area contributed by atoms with E-state index in [9.17, 15) is 0 Å². The van der Waals surface area contributed by atoms with Crippen molar-refractivity contribution in [1.29, 1.82) is 0 Å². The van der Waals surface area contributed by atoms with Crippen molar-refractivity contribution in [2.75, 3.05) is 19.8 Å². The third-order valence-electron chi connectivity index (χ3n) is 0.797. The maximum Gasteiger partial charge on any atom is 0.0703 e. The van der Waals surface area contributed by atoms with Crippen LogP contribution in [-0.4, -0.2) is 25.9 Å². The van der Waals surface area contributed by atoms with Crippen LogP contribution < -0.4 is 0 Å². The Kier molecular flexibility index (Phi) is 5.99. The van der Waals surface area contributed by atoms with Gasteiger partial charge in [-0.15, -0.1) is 0 Å². The number of hydrogen-bond donors (Lipinski definition) is 0. The normalized spacial score (nSPS) is 10.7. The molecule has 0 aliphatic heterocycles. The van der Waals surface area contributed by atoms with Crippen LogP contribution in [-0.2, 0) is 9.47 Å². The van der Waals surface area contributed by atoms with Crippen molar-refractivity contribution in [1.82, 2.24) is 0 Å². The van der Waals surface area contributed by atoms with E-state index in [1.165, 1.54) is 0 Å². The highest BCUT2D eigenvalue weighted by molar-refractivity contribution is 4.37. The van der Waals surface area contributed by atoms with E-state index >= 15 is 0 Å². The molecule has 0 saturated carbocycles. The smallest absolute Gasteiger partial charge is 0.0703 e. The topological polar surface area (TPSA) is 18.5 Å². The van der Waals surface area contributed by atoms with Crippen LogP contribution in [0.4, 0.5) is 0 Å². The van der Waals surface area contributed by atoms with Crippen LogP contribution >= 0.6 is 0 Å². The van der Waals surface area contributed by atoms with Gasteiger partial charge in [-0.25, -0.2) is 0 Å². The molecule has 0 aliphatic rings. The zero-order chi connectivity index (χ0) is 7.11. The molecule has 0 fully saturated rings. The summed E-state index contributed by atoms with van der Waals surface area (Å²) in [7, 11) is 0. The summed E-state index contributed by atoms with van der Waals surface area (Å²) >= 11 is 0. The Labute approximate surface area is 57.2 Å². The van der Waals surface area contributed by atoms with Crippen LogP contribution in [0.2, 0.25) is 0 Å². The van der Waals surface area contributed by atoms with Crippen molar-refractivity contribution in [3.05, 3.63) is 6.92 Å². The fourth-order valence-corrected chi connectivity index (χ4v) is 0.426. The minimum atomic E-state index is 0.279. The van der Waals surface area contributed by atoms with Gasteiger partial charge in [0.2, 0.25) is 0 Å². The van der Waals surface area contributed by atoms with Gasteiger partial charge in [-0.1, -0.05) is 0 Å². The van der Waals surface area contributed by atoms with Crippen molar-refractivity contribution in [3.63, 3.8) is 0 Å². The predicted molar refractivity (Wildman–Crippen MR) is 36.2 cm³/mol. The molecule has 0 unspecified atom stereocenters. The van der Waals surface area contributed by atoms with Crippen molar-refractivity contribution >= 4 is 0 Å². The Bertz CT molecular complexity index is 52.9. The second-order valence-electron chi connectivity index (χ2n) is 1.99. The van der Waals surface area contributed by atoms with Crippen LogP contribution in [0.3, 0.4) is 0 Å². The molecule has 0 heterocycles. The summed E-state index contributed by atoms with van der Waals surface area (Å²) in [5.41, 5.74) is 0. The van der Waals surface area contributed by atoms with Gasteiger partial charge >= 0.3 is 0 Å². The van der Waals surface area contributed by atoms with Crippen molar-refractivity contribution in [2.45, 2.75) is 20.0 Å². The van der Waals surface area contributed by atoms with Crippen molar-refractivity contribution in [2.24, 2.45) is 0 Å². The zero-order valence-electron chi connectivity index (χ0n) is 6.09. The molecule has 0 aliphatic carbocycles. The lowest BCUT2D eigenvalue weighted by Gasteiger charge is -2.05. The monoisotopic (exact) mass is 130 g/mol. The molecular weight excluding hydrogens is 116 g/mol. The molecule has 0 aromatic carbocycles.